The van der Waals surface area contributed by atoms with Crippen molar-refractivity contribution in [1.82, 2.24) is 10.2 Å². The minimum atomic E-state index is -0.549. The predicted molar refractivity (Wildman–Crippen MR) is 88.7 cm³/mol. The summed E-state index contributed by atoms with van der Waals surface area (Å²) in [5, 5.41) is 19.8. The van der Waals surface area contributed by atoms with E-state index >= 15 is 0 Å². The molecule has 0 spiro atoms. The maximum Gasteiger partial charge on any atom is 0.238 e. The van der Waals surface area contributed by atoms with E-state index in [4.69, 9.17) is 14.4 Å². The standard InChI is InChI=1S/C18H15FN4O2/c1-11(18-23-22-12(2)24-18)21-14-7-8-17(15(19)9-14)25-16-6-4-3-5-13(16)10-20/h3-9,11,21H,1-2H3. The van der Waals surface area contributed by atoms with E-state index in [1.807, 2.05) is 13.0 Å². The smallest absolute Gasteiger partial charge is 0.238 e. The Morgan fingerprint density at radius 1 is 1.20 bits per heavy atom. The van der Waals surface area contributed by atoms with Crippen LogP contribution in [0.25, 0.3) is 0 Å². The molecule has 0 fully saturated rings. The number of aromatic nitrogens is 2. The van der Waals surface area contributed by atoms with Crippen molar-refractivity contribution in [3.8, 4) is 17.6 Å². The van der Waals surface area contributed by atoms with Crippen LogP contribution in [0.1, 0.15) is 30.3 Å². The van der Waals surface area contributed by atoms with Gasteiger partial charge in [0.2, 0.25) is 11.8 Å². The highest BCUT2D eigenvalue weighted by Gasteiger charge is 2.14. The van der Waals surface area contributed by atoms with Gasteiger partial charge in [0, 0.05) is 18.7 Å². The molecule has 1 heterocycles. The van der Waals surface area contributed by atoms with Crippen molar-refractivity contribution in [2.24, 2.45) is 0 Å². The van der Waals surface area contributed by atoms with E-state index < -0.39 is 5.82 Å². The summed E-state index contributed by atoms with van der Waals surface area (Å²) in [5.74, 6) is 0.677. The van der Waals surface area contributed by atoms with E-state index in [1.165, 1.54) is 12.1 Å². The average Bonchev–Trinajstić information content (AvgIpc) is 3.04. The van der Waals surface area contributed by atoms with Gasteiger partial charge in [-0.25, -0.2) is 4.39 Å². The quantitative estimate of drug-likeness (QED) is 0.744. The Morgan fingerprint density at radius 2 is 2.00 bits per heavy atom. The molecule has 3 aromatic rings. The van der Waals surface area contributed by atoms with Crippen molar-refractivity contribution in [3.05, 3.63) is 65.6 Å². The molecule has 6 nitrogen and oxygen atoms in total. The number of nitrogens with one attached hydrogen (secondary N) is 1. The molecule has 0 aliphatic rings. The summed E-state index contributed by atoms with van der Waals surface area (Å²) in [7, 11) is 0. The molecule has 0 radical (unpaired) electrons. The minimum absolute atomic E-state index is 0.0366. The molecule has 0 aliphatic heterocycles. The first kappa shape index (κ1) is 16.5. The molecule has 0 saturated heterocycles. The monoisotopic (exact) mass is 338 g/mol. The van der Waals surface area contributed by atoms with Crippen molar-refractivity contribution >= 4 is 5.69 Å². The zero-order valence-electron chi connectivity index (χ0n) is 13.7. The first-order valence-electron chi connectivity index (χ1n) is 7.60. The van der Waals surface area contributed by atoms with E-state index in [0.29, 0.717) is 28.8 Å². The highest BCUT2D eigenvalue weighted by molar-refractivity contribution is 5.50. The van der Waals surface area contributed by atoms with Crippen LogP contribution in [-0.2, 0) is 0 Å². The number of hydrogen-bond donors (Lipinski definition) is 1. The van der Waals surface area contributed by atoms with Gasteiger partial charge in [-0.3, -0.25) is 0 Å². The van der Waals surface area contributed by atoms with Crippen LogP contribution in [0.3, 0.4) is 0 Å². The van der Waals surface area contributed by atoms with Gasteiger partial charge in [0.05, 0.1) is 5.56 Å². The number of benzene rings is 2. The van der Waals surface area contributed by atoms with Crippen molar-refractivity contribution in [1.29, 1.82) is 5.26 Å². The Bertz CT molecular complexity index is 933. The zero-order chi connectivity index (χ0) is 17.8. The molecule has 1 aromatic heterocycles. The number of ether oxygens (including phenoxy) is 1. The number of anilines is 1. The second kappa shape index (κ2) is 7.01. The molecule has 2 aromatic carbocycles. The topological polar surface area (TPSA) is 84.0 Å². The van der Waals surface area contributed by atoms with Crippen molar-refractivity contribution in [2.45, 2.75) is 19.9 Å². The molecule has 0 saturated carbocycles. The molecular formula is C18H15FN4O2. The Morgan fingerprint density at radius 3 is 2.68 bits per heavy atom. The average molecular weight is 338 g/mol. The van der Waals surface area contributed by atoms with Gasteiger partial charge in [-0.2, -0.15) is 5.26 Å². The number of nitriles is 1. The number of rotatable bonds is 5. The third-order valence-corrected chi connectivity index (χ3v) is 3.45. The van der Waals surface area contributed by atoms with Gasteiger partial charge in [-0.05, 0) is 31.2 Å². The second-order valence-corrected chi connectivity index (χ2v) is 5.38. The third-order valence-electron chi connectivity index (χ3n) is 3.45. The van der Waals surface area contributed by atoms with Crippen molar-refractivity contribution < 1.29 is 13.5 Å². The van der Waals surface area contributed by atoms with Crippen LogP contribution in [0.2, 0.25) is 0 Å². The van der Waals surface area contributed by atoms with E-state index in [2.05, 4.69) is 15.5 Å². The van der Waals surface area contributed by atoms with Crippen LogP contribution >= 0.6 is 0 Å². The highest BCUT2D eigenvalue weighted by atomic mass is 19.1. The summed E-state index contributed by atoms with van der Waals surface area (Å²) in [5.41, 5.74) is 0.881. The van der Waals surface area contributed by atoms with E-state index in [0.717, 1.165) is 0 Å². The lowest BCUT2D eigenvalue weighted by Gasteiger charge is -2.13. The number of aryl methyl sites for hydroxylation is 1. The second-order valence-electron chi connectivity index (χ2n) is 5.38. The molecule has 25 heavy (non-hydrogen) atoms. The fourth-order valence-electron chi connectivity index (χ4n) is 2.24. The molecule has 7 heteroatoms. The molecule has 1 atom stereocenters. The van der Waals surface area contributed by atoms with E-state index in [9.17, 15) is 4.39 Å². The number of para-hydroxylation sites is 1. The molecule has 3 rings (SSSR count). The summed E-state index contributed by atoms with van der Waals surface area (Å²) < 4.78 is 25.2. The van der Waals surface area contributed by atoms with E-state index in [1.54, 1.807) is 37.3 Å². The maximum atomic E-state index is 14.3. The van der Waals surface area contributed by atoms with E-state index in [-0.39, 0.29) is 11.8 Å². The summed E-state index contributed by atoms with van der Waals surface area (Å²) in [6, 6.07) is 12.9. The fraction of sp³-hybridized carbons (Fsp3) is 0.167. The van der Waals surface area contributed by atoms with Crippen LogP contribution < -0.4 is 10.1 Å². The molecule has 1 N–H and O–H groups in total. The Balaban J connectivity index is 1.76. The molecule has 1 unspecified atom stereocenters. The van der Waals surface area contributed by atoms with Gasteiger partial charge < -0.3 is 14.5 Å². The summed E-state index contributed by atoms with van der Waals surface area (Å²) >= 11 is 0. The molecule has 126 valence electrons. The Hall–Kier alpha value is -3.40. The number of hydrogen-bond acceptors (Lipinski definition) is 6. The lowest BCUT2D eigenvalue weighted by molar-refractivity contribution is 0.440. The van der Waals surface area contributed by atoms with Crippen LogP contribution in [0.15, 0.2) is 46.9 Å². The normalized spacial score (nSPS) is 11.6. The summed E-state index contributed by atoms with van der Waals surface area (Å²) in [6.45, 7) is 3.53. The fourth-order valence-corrected chi connectivity index (χ4v) is 2.24. The van der Waals surface area contributed by atoms with Gasteiger partial charge >= 0.3 is 0 Å². The van der Waals surface area contributed by atoms with Crippen LogP contribution in [0.5, 0.6) is 11.5 Å². The van der Waals surface area contributed by atoms with Gasteiger partial charge in [0.15, 0.2) is 11.6 Å². The summed E-state index contributed by atoms with van der Waals surface area (Å²) in [4.78, 5) is 0. The van der Waals surface area contributed by atoms with Crippen LogP contribution in [0.4, 0.5) is 10.1 Å². The SMILES string of the molecule is Cc1nnc(C(C)Nc2ccc(Oc3ccccc3C#N)c(F)c2)o1. The lowest BCUT2D eigenvalue weighted by Crippen LogP contribution is -2.07. The third kappa shape index (κ3) is 3.75. The number of nitrogens with zero attached hydrogens (tertiary/aromatic N) is 3. The van der Waals surface area contributed by atoms with Gasteiger partial charge in [-0.15, -0.1) is 10.2 Å². The first-order chi connectivity index (χ1) is 12.1. The van der Waals surface area contributed by atoms with Gasteiger partial charge in [0.1, 0.15) is 17.9 Å². The zero-order valence-corrected chi connectivity index (χ0v) is 13.7. The van der Waals surface area contributed by atoms with Crippen molar-refractivity contribution in [2.75, 3.05) is 5.32 Å². The lowest BCUT2D eigenvalue weighted by atomic mass is 10.2. The minimum Gasteiger partial charge on any atom is -0.453 e. The number of halogens is 1. The Labute approximate surface area is 143 Å². The van der Waals surface area contributed by atoms with Gasteiger partial charge in [0.25, 0.3) is 0 Å². The summed E-state index contributed by atoms with van der Waals surface area (Å²) in [6.07, 6.45) is 0. The highest BCUT2D eigenvalue weighted by Crippen LogP contribution is 2.29. The molecule has 0 amide bonds. The van der Waals surface area contributed by atoms with Gasteiger partial charge in [-0.1, -0.05) is 12.1 Å². The Kier molecular flexibility index (Phi) is 4.61. The molecule has 0 aliphatic carbocycles. The molecule has 0 bridgehead atoms. The van der Waals surface area contributed by atoms with Crippen LogP contribution in [-0.4, -0.2) is 10.2 Å². The first-order valence-corrected chi connectivity index (χ1v) is 7.60. The molecular weight excluding hydrogens is 323 g/mol. The van der Waals surface area contributed by atoms with Crippen molar-refractivity contribution in [3.63, 3.8) is 0 Å². The largest absolute Gasteiger partial charge is 0.453 e. The predicted octanol–water partition coefficient (Wildman–Crippen LogP) is 4.35. The van der Waals surface area contributed by atoms with Crippen LogP contribution in [0, 0.1) is 24.1 Å². The maximum absolute atomic E-state index is 14.3.